The van der Waals surface area contributed by atoms with E-state index in [0.717, 1.165) is 18.4 Å². The molecule has 29 heavy (non-hydrogen) atoms. The lowest BCUT2D eigenvalue weighted by atomic mass is 10.2. The monoisotopic (exact) mass is 449 g/mol. The zero-order valence-electron chi connectivity index (χ0n) is 14.8. The van der Waals surface area contributed by atoms with Gasteiger partial charge in [-0.25, -0.2) is 8.42 Å². The molecule has 2 rings (SSSR count). The lowest BCUT2D eigenvalue weighted by Crippen LogP contribution is -2.37. The third-order valence-electron chi connectivity index (χ3n) is 3.68. The molecule has 0 unspecified atom stereocenters. The Hall–Kier alpha value is -2.79. The highest BCUT2D eigenvalue weighted by Gasteiger charge is 2.34. The minimum Gasteiger partial charge on any atom is -0.366 e. The van der Waals surface area contributed by atoms with E-state index in [2.05, 4.69) is 5.32 Å². The number of benzene rings is 2. The minimum absolute atomic E-state index is 0.196. The van der Waals surface area contributed by atoms with Gasteiger partial charge in [-0.15, -0.1) is 0 Å². The van der Waals surface area contributed by atoms with Crippen LogP contribution in [0.3, 0.4) is 0 Å². The fraction of sp³-hybridized carbons (Fsp3) is 0.176. The van der Waals surface area contributed by atoms with Crippen LogP contribution in [0.25, 0.3) is 0 Å². The third-order valence-corrected chi connectivity index (χ3v) is 5.15. The molecule has 7 nitrogen and oxygen atoms in total. The van der Waals surface area contributed by atoms with Crippen LogP contribution in [0.2, 0.25) is 5.02 Å². The van der Waals surface area contributed by atoms with Crippen molar-refractivity contribution in [2.45, 2.75) is 6.18 Å². The maximum absolute atomic E-state index is 13.1. The van der Waals surface area contributed by atoms with Gasteiger partial charge in [0.05, 0.1) is 22.5 Å². The van der Waals surface area contributed by atoms with Crippen LogP contribution in [0.15, 0.2) is 42.5 Å². The van der Waals surface area contributed by atoms with E-state index in [1.165, 1.54) is 24.3 Å². The van der Waals surface area contributed by atoms with Gasteiger partial charge in [-0.3, -0.25) is 13.9 Å². The molecule has 0 aliphatic heterocycles. The predicted octanol–water partition coefficient (Wildman–Crippen LogP) is 2.86. The summed E-state index contributed by atoms with van der Waals surface area (Å²) in [6.07, 6.45) is -4.05. The average Bonchev–Trinajstić information content (AvgIpc) is 2.59. The summed E-state index contributed by atoms with van der Waals surface area (Å²) in [5.74, 6) is -1.49. The number of nitrogens with zero attached hydrogens (tertiary/aromatic N) is 1. The van der Waals surface area contributed by atoms with E-state index in [1.54, 1.807) is 0 Å². The highest BCUT2D eigenvalue weighted by atomic mass is 35.5. The number of primary amides is 1. The second-order valence-electron chi connectivity index (χ2n) is 5.92. The lowest BCUT2D eigenvalue weighted by molar-refractivity contribution is -0.137. The molecule has 0 aromatic heterocycles. The fourth-order valence-electron chi connectivity index (χ4n) is 2.33. The standard InChI is InChI=1S/C17H15ClF3N3O4S/c1-29(27,28)24(12-6-7-14(18)13(8-12)17(19,20)21)9-15(25)23-11-4-2-10(3-5-11)16(22)26/h2-8H,9H2,1H3,(H2,22,26)(H,23,25). The molecule has 0 atom stereocenters. The number of nitrogens with two attached hydrogens (primary N) is 1. The molecule has 12 heteroatoms. The summed E-state index contributed by atoms with van der Waals surface area (Å²) in [4.78, 5) is 23.3. The maximum atomic E-state index is 13.1. The van der Waals surface area contributed by atoms with Crippen molar-refractivity contribution in [1.82, 2.24) is 0 Å². The quantitative estimate of drug-likeness (QED) is 0.706. The van der Waals surface area contributed by atoms with Crippen LogP contribution < -0.4 is 15.4 Å². The van der Waals surface area contributed by atoms with E-state index >= 15 is 0 Å². The predicted molar refractivity (Wildman–Crippen MR) is 102 cm³/mol. The summed E-state index contributed by atoms with van der Waals surface area (Å²) in [6.45, 7) is -0.782. The van der Waals surface area contributed by atoms with Gasteiger partial charge in [0.25, 0.3) is 0 Å². The molecule has 3 N–H and O–H groups in total. The van der Waals surface area contributed by atoms with Crippen molar-refractivity contribution in [3.05, 3.63) is 58.6 Å². The molecule has 0 aliphatic carbocycles. The number of rotatable bonds is 6. The summed E-state index contributed by atoms with van der Waals surface area (Å²) in [7, 11) is -4.10. The van der Waals surface area contributed by atoms with E-state index in [0.29, 0.717) is 10.4 Å². The Morgan fingerprint density at radius 3 is 2.21 bits per heavy atom. The van der Waals surface area contributed by atoms with Gasteiger partial charge in [-0.1, -0.05) is 11.6 Å². The highest BCUT2D eigenvalue weighted by Crippen LogP contribution is 2.37. The molecular weight excluding hydrogens is 435 g/mol. The van der Waals surface area contributed by atoms with Crippen molar-refractivity contribution < 1.29 is 31.2 Å². The van der Waals surface area contributed by atoms with Gasteiger partial charge < -0.3 is 11.1 Å². The van der Waals surface area contributed by atoms with Crippen molar-refractivity contribution in [1.29, 1.82) is 0 Å². The number of anilines is 2. The van der Waals surface area contributed by atoms with Crippen LogP contribution in [0.1, 0.15) is 15.9 Å². The van der Waals surface area contributed by atoms with Crippen molar-refractivity contribution in [3.63, 3.8) is 0 Å². The van der Waals surface area contributed by atoms with Crippen LogP contribution in [-0.2, 0) is 21.0 Å². The van der Waals surface area contributed by atoms with E-state index < -0.39 is 45.1 Å². The largest absolute Gasteiger partial charge is 0.417 e. The molecule has 156 valence electrons. The summed E-state index contributed by atoms with van der Waals surface area (Å²) in [5, 5.41) is 1.79. The van der Waals surface area contributed by atoms with Gasteiger partial charge in [-0.2, -0.15) is 13.2 Å². The van der Waals surface area contributed by atoms with Gasteiger partial charge in [0.1, 0.15) is 6.54 Å². The molecule has 0 aliphatic rings. The van der Waals surface area contributed by atoms with Crippen molar-refractivity contribution in [2.75, 3.05) is 22.4 Å². The second-order valence-corrected chi connectivity index (χ2v) is 8.24. The smallest absolute Gasteiger partial charge is 0.366 e. The first kappa shape index (κ1) is 22.5. The molecule has 2 aromatic rings. The number of halogens is 4. The number of carbonyl (C=O) groups is 2. The van der Waals surface area contributed by atoms with E-state index in [4.69, 9.17) is 17.3 Å². The second kappa shape index (κ2) is 8.29. The fourth-order valence-corrected chi connectivity index (χ4v) is 3.41. The Labute approximate surface area is 169 Å². The zero-order valence-corrected chi connectivity index (χ0v) is 16.4. The van der Waals surface area contributed by atoms with E-state index in [9.17, 15) is 31.2 Å². The SMILES string of the molecule is CS(=O)(=O)N(CC(=O)Nc1ccc(C(N)=O)cc1)c1ccc(Cl)c(C(F)(F)F)c1. The summed E-state index contributed by atoms with van der Waals surface area (Å²) < 4.78 is 63.8. The number of carbonyl (C=O) groups excluding carboxylic acids is 2. The van der Waals surface area contributed by atoms with Gasteiger partial charge >= 0.3 is 6.18 Å². The Morgan fingerprint density at radius 1 is 1.14 bits per heavy atom. The molecule has 0 fully saturated rings. The third kappa shape index (κ3) is 5.84. The molecular formula is C17H15ClF3N3O4S. The summed E-state index contributed by atoms with van der Waals surface area (Å²) in [6, 6.07) is 7.95. The summed E-state index contributed by atoms with van der Waals surface area (Å²) >= 11 is 5.55. The Bertz CT molecular complexity index is 1040. The minimum atomic E-state index is -4.80. The van der Waals surface area contributed by atoms with Crippen LogP contribution in [0.5, 0.6) is 0 Å². The molecule has 0 heterocycles. The molecule has 2 aromatic carbocycles. The first-order valence-electron chi connectivity index (χ1n) is 7.83. The Kier molecular flexibility index (Phi) is 6.43. The molecule has 0 radical (unpaired) electrons. The molecule has 0 saturated heterocycles. The number of alkyl halides is 3. The number of hydrogen-bond donors (Lipinski definition) is 2. The van der Waals surface area contributed by atoms with Gasteiger partial charge in [0.2, 0.25) is 21.8 Å². The Morgan fingerprint density at radius 2 is 1.72 bits per heavy atom. The van der Waals surface area contributed by atoms with Gasteiger partial charge in [-0.05, 0) is 42.5 Å². The zero-order chi connectivity index (χ0) is 22.0. The van der Waals surface area contributed by atoms with Crippen molar-refractivity contribution in [3.8, 4) is 0 Å². The number of amides is 2. The van der Waals surface area contributed by atoms with Crippen LogP contribution in [0, 0.1) is 0 Å². The first-order valence-corrected chi connectivity index (χ1v) is 10.1. The lowest BCUT2D eigenvalue weighted by Gasteiger charge is -2.23. The van der Waals surface area contributed by atoms with E-state index in [-0.39, 0.29) is 16.9 Å². The number of hydrogen-bond acceptors (Lipinski definition) is 4. The number of sulfonamides is 1. The first-order chi connectivity index (χ1) is 13.3. The maximum Gasteiger partial charge on any atom is 0.417 e. The van der Waals surface area contributed by atoms with Crippen molar-refractivity contribution in [2.24, 2.45) is 5.73 Å². The van der Waals surface area contributed by atoms with E-state index in [1.807, 2.05) is 0 Å². The van der Waals surface area contributed by atoms with Crippen LogP contribution >= 0.6 is 11.6 Å². The Balaban J connectivity index is 2.28. The van der Waals surface area contributed by atoms with Gasteiger partial charge in [0, 0.05) is 11.3 Å². The van der Waals surface area contributed by atoms with Crippen molar-refractivity contribution >= 4 is 44.8 Å². The average molecular weight is 450 g/mol. The topological polar surface area (TPSA) is 110 Å². The number of nitrogens with one attached hydrogen (secondary N) is 1. The molecule has 0 spiro atoms. The molecule has 2 amide bonds. The van der Waals surface area contributed by atoms with Gasteiger partial charge in [0.15, 0.2) is 0 Å². The highest BCUT2D eigenvalue weighted by molar-refractivity contribution is 7.92. The molecule has 0 bridgehead atoms. The normalized spacial score (nSPS) is 11.8. The van der Waals surface area contributed by atoms with Crippen LogP contribution in [0.4, 0.5) is 24.5 Å². The summed E-state index contributed by atoms with van der Waals surface area (Å²) in [5.41, 5.74) is 3.94. The van der Waals surface area contributed by atoms with Crippen LogP contribution in [-0.4, -0.2) is 33.0 Å². The molecule has 0 saturated carbocycles.